The molecule has 0 spiro atoms. The molecule has 126 valence electrons. The smallest absolute Gasteiger partial charge is 0.225 e. The van der Waals surface area contributed by atoms with Gasteiger partial charge in [-0.05, 0) is 44.7 Å². The average molecular weight is 318 g/mol. The first-order valence-corrected chi connectivity index (χ1v) is 8.56. The maximum Gasteiger partial charge on any atom is 0.225 e. The molecule has 6 nitrogen and oxygen atoms in total. The predicted molar refractivity (Wildman–Crippen MR) is 88.4 cm³/mol. The number of likely N-dealkylation sites (tertiary alicyclic amines) is 1. The lowest BCUT2D eigenvalue weighted by Gasteiger charge is -2.37. The highest BCUT2D eigenvalue weighted by Gasteiger charge is 2.28. The Morgan fingerprint density at radius 3 is 2.70 bits per heavy atom. The van der Waals surface area contributed by atoms with Gasteiger partial charge in [-0.15, -0.1) is 5.10 Å². The molecule has 3 heterocycles. The van der Waals surface area contributed by atoms with Crippen LogP contribution in [0.15, 0.2) is 12.1 Å². The van der Waals surface area contributed by atoms with Crippen molar-refractivity contribution in [1.29, 1.82) is 0 Å². The second-order valence-corrected chi connectivity index (χ2v) is 6.59. The lowest BCUT2D eigenvalue weighted by Crippen LogP contribution is -2.46. The predicted octanol–water partition coefficient (Wildman–Crippen LogP) is 1.78. The molecule has 1 unspecified atom stereocenters. The molecule has 2 saturated heterocycles. The van der Waals surface area contributed by atoms with Crippen LogP contribution in [0.25, 0.3) is 0 Å². The molecule has 1 amide bonds. The van der Waals surface area contributed by atoms with Crippen molar-refractivity contribution >= 4 is 11.7 Å². The Kier molecular flexibility index (Phi) is 5.10. The van der Waals surface area contributed by atoms with Gasteiger partial charge in [0.05, 0.1) is 18.2 Å². The minimum absolute atomic E-state index is 0.144. The Morgan fingerprint density at radius 1 is 1.30 bits per heavy atom. The van der Waals surface area contributed by atoms with Gasteiger partial charge in [-0.2, -0.15) is 5.10 Å². The summed E-state index contributed by atoms with van der Waals surface area (Å²) in [5, 5.41) is 8.38. The number of hydrogen-bond donors (Lipinski definition) is 0. The van der Waals surface area contributed by atoms with Gasteiger partial charge >= 0.3 is 0 Å². The lowest BCUT2D eigenvalue weighted by atomic mass is 10.0. The second kappa shape index (κ2) is 7.25. The Balaban J connectivity index is 1.49. The molecule has 0 N–H and O–H groups in total. The fourth-order valence-electron chi connectivity index (χ4n) is 3.40. The van der Waals surface area contributed by atoms with Gasteiger partial charge in [0.15, 0.2) is 5.82 Å². The van der Waals surface area contributed by atoms with Gasteiger partial charge in [0, 0.05) is 32.8 Å². The number of nitrogens with zero attached hydrogens (tertiary/aromatic N) is 4. The van der Waals surface area contributed by atoms with E-state index in [4.69, 9.17) is 4.74 Å². The normalized spacial score (nSPS) is 22.3. The number of hydrogen-bond acceptors (Lipinski definition) is 5. The Bertz CT molecular complexity index is 520. The summed E-state index contributed by atoms with van der Waals surface area (Å²) in [7, 11) is 2.06. The van der Waals surface area contributed by atoms with E-state index in [0.717, 1.165) is 56.9 Å². The van der Waals surface area contributed by atoms with E-state index in [0.29, 0.717) is 12.5 Å². The van der Waals surface area contributed by atoms with Crippen LogP contribution in [-0.2, 0) is 9.53 Å². The number of aromatic nitrogens is 2. The molecular formula is C17H26N4O2. The number of anilines is 1. The zero-order valence-electron chi connectivity index (χ0n) is 14.1. The fraction of sp³-hybridized carbons (Fsp3) is 0.706. The summed E-state index contributed by atoms with van der Waals surface area (Å²) in [5.41, 5.74) is 0.927. The first-order chi connectivity index (χ1) is 11.1. The molecule has 23 heavy (non-hydrogen) atoms. The number of amides is 1. The molecular weight excluding hydrogens is 292 g/mol. The summed E-state index contributed by atoms with van der Waals surface area (Å²) >= 11 is 0. The summed E-state index contributed by atoms with van der Waals surface area (Å²) in [6.45, 7) is 4.39. The van der Waals surface area contributed by atoms with Gasteiger partial charge in [0.1, 0.15) is 0 Å². The number of ether oxygens (including phenoxy) is 1. The monoisotopic (exact) mass is 318 g/mol. The minimum atomic E-state index is 0.144. The van der Waals surface area contributed by atoms with Gasteiger partial charge in [-0.1, -0.05) is 0 Å². The van der Waals surface area contributed by atoms with E-state index in [2.05, 4.69) is 22.1 Å². The SMILES string of the molecule is Cc1ccc(N(C)C2CCN(C(=O)CC3CCCO3)CC2)nn1. The van der Waals surface area contributed by atoms with Crippen LogP contribution in [0.5, 0.6) is 0 Å². The third-order valence-corrected chi connectivity index (χ3v) is 4.94. The van der Waals surface area contributed by atoms with E-state index in [1.807, 2.05) is 24.0 Å². The molecule has 1 atom stereocenters. The highest BCUT2D eigenvalue weighted by molar-refractivity contribution is 5.76. The Labute approximate surface area is 137 Å². The van der Waals surface area contributed by atoms with Crippen LogP contribution in [0.3, 0.4) is 0 Å². The van der Waals surface area contributed by atoms with Crippen molar-refractivity contribution in [1.82, 2.24) is 15.1 Å². The third-order valence-electron chi connectivity index (χ3n) is 4.94. The zero-order valence-corrected chi connectivity index (χ0v) is 14.1. The maximum absolute atomic E-state index is 12.3. The topological polar surface area (TPSA) is 58.6 Å². The van der Waals surface area contributed by atoms with Gasteiger partial charge in [-0.25, -0.2) is 0 Å². The second-order valence-electron chi connectivity index (χ2n) is 6.59. The molecule has 0 aromatic carbocycles. The van der Waals surface area contributed by atoms with Crippen LogP contribution in [0.1, 0.15) is 37.8 Å². The number of carbonyl (C=O) groups is 1. The van der Waals surface area contributed by atoms with Crippen LogP contribution >= 0.6 is 0 Å². The average Bonchev–Trinajstić information content (AvgIpc) is 3.08. The van der Waals surface area contributed by atoms with E-state index in [1.54, 1.807) is 0 Å². The van der Waals surface area contributed by atoms with Crippen molar-refractivity contribution in [2.45, 2.75) is 51.2 Å². The van der Waals surface area contributed by atoms with Crippen molar-refractivity contribution < 1.29 is 9.53 Å². The summed E-state index contributed by atoms with van der Waals surface area (Å²) in [4.78, 5) is 16.5. The van der Waals surface area contributed by atoms with E-state index in [1.165, 1.54) is 0 Å². The standard InChI is InChI=1S/C17H26N4O2/c1-13-5-6-16(19-18-13)20(2)14-7-9-21(10-8-14)17(22)12-15-4-3-11-23-15/h5-6,14-15H,3-4,7-12H2,1-2H3. The Hall–Kier alpha value is -1.69. The number of piperidine rings is 1. The van der Waals surface area contributed by atoms with Crippen molar-refractivity contribution in [2.24, 2.45) is 0 Å². The molecule has 0 aliphatic carbocycles. The molecule has 1 aromatic rings. The van der Waals surface area contributed by atoms with Gasteiger partial charge in [0.25, 0.3) is 0 Å². The molecule has 6 heteroatoms. The van der Waals surface area contributed by atoms with E-state index >= 15 is 0 Å². The highest BCUT2D eigenvalue weighted by Crippen LogP contribution is 2.22. The summed E-state index contributed by atoms with van der Waals surface area (Å²) in [6.07, 6.45) is 4.75. The summed E-state index contributed by atoms with van der Waals surface area (Å²) in [5.74, 6) is 1.15. The quantitative estimate of drug-likeness (QED) is 0.847. The fourth-order valence-corrected chi connectivity index (χ4v) is 3.40. The number of aryl methyl sites for hydroxylation is 1. The largest absolute Gasteiger partial charge is 0.378 e. The summed E-state index contributed by atoms with van der Waals surface area (Å²) in [6, 6.07) is 4.41. The molecule has 0 bridgehead atoms. The molecule has 1 aromatic heterocycles. The minimum Gasteiger partial charge on any atom is -0.378 e. The van der Waals surface area contributed by atoms with Crippen molar-refractivity contribution in [2.75, 3.05) is 31.6 Å². The van der Waals surface area contributed by atoms with Crippen molar-refractivity contribution in [3.63, 3.8) is 0 Å². The lowest BCUT2D eigenvalue weighted by molar-refractivity contribution is -0.134. The third kappa shape index (κ3) is 3.99. The number of rotatable bonds is 4. The van der Waals surface area contributed by atoms with Crippen LogP contribution in [0.2, 0.25) is 0 Å². The van der Waals surface area contributed by atoms with Gasteiger partial charge in [0.2, 0.25) is 5.91 Å². The van der Waals surface area contributed by atoms with Crippen LogP contribution in [0, 0.1) is 6.92 Å². The van der Waals surface area contributed by atoms with Crippen molar-refractivity contribution in [3.8, 4) is 0 Å². The molecule has 0 saturated carbocycles. The molecule has 0 radical (unpaired) electrons. The first-order valence-electron chi connectivity index (χ1n) is 8.56. The van der Waals surface area contributed by atoms with E-state index in [9.17, 15) is 4.79 Å². The number of carbonyl (C=O) groups excluding carboxylic acids is 1. The molecule has 2 fully saturated rings. The maximum atomic E-state index is 12.3. The van der Waals surface area contributed by atoms with Crippen LogP contribution < -0.4 is 4.90 Å². The highest BCUT2D eigenvalue weighted by atomic mass is 16.5. The van der Waals surface area contributed by atoms with E-state index in [-0.39, 0.29) is 12.0 Å². The van der Waals surface area contributed by atoms with Crippen LogP contribution in [-0.4, -0.2) is 59.9 Å². The van der Waals surface area contributed by atoms with Gasteiger partial charge < -0.3 is 14.5 Å². The molecule has 2 aliphatic heterocycles. The first kappa shape index (κ1) is 16.2. The van der Waals surface area contributed by atoms with Crippen LogP contribution in [0.4, 0.5) is 5.82 Å². The summed E-state index contributed by atoms with van der Waals surface area (Å²) < 4.78 is 5.57. The van der Waals surface area contributed by atoms with Gasteiger partial charge in [-0.3, -0.25) is 4.79 Å². The zero-order chi connectivity index (χ0) is 16.2. The molecule has 3 rings (SSSR count). The Morgan fingerprint density at radius 2 is 2.09 bits per heavy atom. The van der Waals surface area contributed by atoms with E-state index < -0.39 is 0 Å². The van der Waals surface area contributed by atoms with Crippen molar-refractivity contribution in [3.05, 3.63) is 17.8 Å². The molecule has 2 aliphatic rings.